The summed E-state index contributed by atoms with van der Waals surface area (Å²) in [6.07, 6.45) is -2.32. The van der Waals surface area contributed by atoms with Gasteiger partial charge in [-0.3, -0.25) is 0 Å². The van der Waals surface area contributed by atoms with Gasteiger partial charge in [0, 0.05) is 19.1 Å². The zero-order chi connectivity index (χ0) is 8.65. The molecule has 1 rings (SSSR count). The fourth-order valence-electron chi connectivity index (χ4n) is 1.54. The van der Waals surface area contributed by atoms with Crippen LogP contribution in [0.2, 0.25) is 0 Å². The van der Waals surface area contributed by atoms with E-state index in [2.05, 4.69) is 0 Å². The smallest absolute Gasteiger partial charge is 0.246 e. The molecule has 2 atom stereocenters. The van der Waals surface area contributed by atoms with Crippen molar-refractivity contribution >= 4 is 0 Å². The molecule has 0 aromatic heterocycles. The lowest BCUT2D eigenvalue weighted by atomic mass is 9.86. The van der Waals surface area contributed by atoms with E-state index in [1.54, 1.807) is 6.92 Å². The molecule has 0 amide bonds. The molecule has 4 heteroatoms. The Labute approximate surface area is 65.4 Å². The average molecular weight is 164 g/mol. The number of rotatable bonds is 1. The van der Waals surface area contributed by atoms with E-state index in [0.717, 1.165) is 0 Å². The second-order valence-electron chi connectivity index (χ2n) is 3.61. The molecule has 0 aliphatic carbocycles. The number of nitrogens with two attached hydrogens (primary N) is 1. The maximum absolute atomic E-state index is 12.4. The van der Waals surface area contributed by atoms with Gasteiger partial charge in [0.15, 0.2) is 0 Å². The number of likely N-dealkylation sites (N-methyl/N-ethyl adjacent to an activating group) is 1. The number of alkyl halides is 2. The number of hydrogen-bond acceptors (Lipinski definition) is 2. The monoisotopic (exact) mass is 164 g/mol. The molecule has 2 unspecified atom stereocenters. The summed E-state index contributed by atoms with van der Waals surface area (Å²) in [5, 5.41) is 0. The molecule has 66 valence electrons. The van der Waals surface area contributed by atoms with Gasteiger partial charge in [0.25, 0.3) is 0 Å². The maximum Gasteiger partial charge on any atom is 0.246 e. The van der Waals surface area contributed by atoms with Gasteiger partial charge in [-0.15, -0.1) is 0 Å². The van der Waals surface area contributed by atoms with Gasteiger partial charge in [0.1, 0.15) is 0 Å². The summed E-state index contributed by atoms with van der Waals surface area (Å²) in [4.78, 5) is 1.84. The van der Waals surface area contributed by atoms with Crippen molar-refractivity contribution in [3.8, 4) is 0 Å². The van der Waals surface area contributed by atoms with Crippen molar-refractivity contribution in [1.82, 2.24) is 4.90 Å². The van der Waals surface area contributed by atoms with Crippen LogP contribution in [0.4, 0.5) is 8.78 Å². The van der Waals surface area contributed by atoms with Crippen LogP contribution in [0.1, 0.15) is 6.92 Å². The molecule has 2 N–H and O–H groups in total. The van der Waals surface area contributed by atoms with Gasteiger partial charge < -0.3 is 10.6 Å². The van der Waals surface area contributed by atoms with Crippen LogP contribution in [0.25, 0.3) is 0 Å². The van der Waals surface area contributed by atoms with E-state index in [4.69, 9.17) is 5.73 Å². The van der Waals surface area contributed by atoms with Crippen LogP contribution in [-0.4, -0.2) is 37.5 Å². The largest absolute Gasteiger partial charge is 0.326 e. The summed E-state index contributed by atoms with van der Waals surface area (Å²) >= 11 is 0. The average Bonchev–Trinajstić information content (AvgIpc) is 2.08. The highest BCUT2D eigenvalue weighted by atomic mass is 19.3. The van der Waals surface area contributed by atoms with Crippen molar-refractivity contribution in [1.29, 1.82) is 0 Å². The van der Waals surface area contributed by atoms with Gasteiger partial charge in [-0.1, -0.05) is 6.92 Å². The third-order valence-electron chi connectivity index (χ3n) is 2.46. The van der Waals surface area contributed by atoms with Crippen LogP contribution >= 0.6 is 0 Å². The van der Waals surface area contributed by atoms with Crippen molar-refractivity contribution < 1.29 is 8.78 Å². The minimum atomic E-state index is -2.32. The van der Waals surface area contributed by atoms with Crippen LogP contribution < -0.4 is 5.73 Å². The number of nitrogens with zero attached hydrogens (tertiary/aromatic N) is 1. The Balaban J connectivity index is 2.71. The number of hydrogen-bond donors (Lipinski definition) is 1. The molecule has 1 aliphatic rings. The molecule has 0 spiro atoms. The van der Waals surface area contributed by atoms with Crippen molar-refractivity contribution in [2.75, 3.05) is 20.1 Å². The van der Waals surface area contributed by atoms with Gasteiger partial charge in [0.2, 0.25) is 6.43 Å². The van der Waals surface area contributed by atoms with Gasteiger partial charge in [-0.2, -0.15) is 0 Å². The molecule has 0 radical (unpaired) electrons. The van der Waals surface area contributed by atoms with Gasteiger partial charge >= 0.3 is 0 Å². The van der Waals surface area contributed by atoms with Crippen LogP contribution in [0.15, 0.2) is 0 Å². The molecule has 1 heterocycles. The van der Waals surface area contributed by atoms with Crippen LogP contribution in [0.3, 0.4) is 0 Å². The normalized spacial score (nSPS) is 40.4. The van der Waals surface area contributed by atoms with Crippen LogP contribution in [0, 0.1) is 5.41 Å². The Bertz CT molecular complexity index is 151. The highest BCUT2D eigenvalue weighted by Gasteiger charge is 2.46. The summed E-state index contributed by atoms with van der Waals surface area (Å²) in [6.45, 7) is 2.51. The lowest BCUT2D eigenvalue weighted by molar-refractivity contribution is 0.00660. The minimum Gasteiger partial charge on any atom is -0.326 e. The first kappa shape index (κ1) is 8.87. The lowest BCUT2D eigenvalue weighted by Crippen LogP contribution is -2.43. The Morgan fingerprint density at radius 3 is 2.36 bits per heavy atom. The van der Waals surface area contributed by atoms with E-state index in [9.17, 15) is 8.78 Å². The van der Waals surface area contributed by atoms with Crippen molar-refractivity contribution in [3.05, 3.63) is 0 Å². The number of halogens is 2. The second-order valence-corrected chi connectivity index (χ2v) is 3.61. The first-order valence-electron chi connectivity index (χ1n) is 3.69. The van der Waals surface area contributed by atoms with E-state index in [0.29, 0.717) is 13.1 Å². The third-order valence-corrected chi connectivity index (χ3v) is 2.46. The molecule has 1 saturated heterocycles. The quantitative estimate of drug-likeness (QED) is 0.612. The summed E-state index contributed by atoms with van der Waals surface area (Å²) < 4.78 is 24.9. The SMILES string of the molecule is CN1CC(N)C(C)(C(F)F)C1. The zero-order valence-corrected chi connectivity index (χ0v) is 6.85. The molecule has 0 saturated carbocycles. The van der Waals surface area contributed by atoms with E-state index in [-0.39, 0.29) is 0 Å². The minimum absolute atomic E-state index is 0.395. The number of likely N-dealkylation sites (tertiary alicyclic amines) is 1. The first-order chi connectivity index (χ1) is 4.97. The maximum atomic E-state index is 12.4. The fraction of sp³-hybridized carbons (Fsp3) is 1.00. The topological polar surface area (TPSA) is 29.3 Å². The van der Waals surface area contributed by atoms with E-state index < -0.39 is 17.9 Å². The molecule has 11 heavy (non-hydrogen) atoms. The Hall–Kier alpha value is -0.220. The molecular formula is C7H14F2N2. The molecular weight excluding hydrogens is 150 g/mol. The second kappa shape index (κ2) is 2.68. The Morgan fingerprint density at radius 1 is 1.64 bits per heavy atom. The summed E-state index contributed by atoms with van der Waals surface area (Å²) in [5.41, 5.74) is 4.58. The van der Waals surface area contributed by atoms with E-state index >= 15 is 0 Å². The summed E-state index contributed by atoms with van der Waals surface area (Å²) in [6, 6.07) is -0.396. The standard InChI is InChI=1S/C7H14F2N2/c1-7(6(8)9)4-11(2)3-5(7)10/h5-6H,3-4,10H2,1-2H3. The molecule has 1 fully saturated rings. The summed E-state index contributed by atoms with van der Waals surface area (Å²) in [7, 11) is 1.81. The highest BCUT2D eigenvalue weighted by Crippen LogP contribution is 2.34. The van der Waals surface area contributed by atoms with E-state index in [1.165, 1.54) is 0 Å². The lowest BCUT2D eigenvalue weighted by Gasteiger charge is -2.26. The van der Waals surface area contributed by atoms with Crippen molar-refractivity contribution in [2.45, 2.75) is 19.4 Å². The molecule has 0 aromatic rings. The molecule has 0 aromatic carbocycles. The van der Waals surface area contributed by atoms with Gasteiger partial charge in [0.05, 0.1) is 5.41 Å². The molecule has 2 nitrogen and oxygen atoms in total. The predicted molar refractivity (Wildman–Crippen MR) is 39.6 cm³/mol. The van der Waals surface area contributed by atoms with Crippen LogP contribution in [-0.2, 0) is 0 Å². The zero-order valence-electron chi connectivity index (χ0n) is 6.85. The fourth-order valence-corrected chi connectivity index (χ4v) is 1.54. The highest BCUT2D eigenvalue weighted by molar-refractivity contribution is 4.97. The third kappa shape index (κ3) is 1.37. The molecule has 0 bridgehead atoms. The first-order valence-corrected chi connectivity index (χ1v) is 3.69. The molecule has 1 aliphatic heterocycles. The predicted octanol–water partition coefficient (Wildman–Crippen LogP) is 0.531. The van der Waals surface area contributed by atoms with Crippen LogP contribution in [0.5, 0.6) is 0 Å². The Kier molecular flexibility index (Phi) is 2.16. The van der Waals surface area contributed by atoms with Gasteiger partial charge in [-0.25, -0.2) is 8.78 Å². The van der Waals surface area contributed by atoms with Gasteiger partial charge in [-0.05, 0) is 7.05 Å². The summed E-state index contributed by atoms with van der Waals surface area (Å²) in [5.74, 6) is 0. The van der Waals surface area contributed by atoms with Crippen molar-refractivity contribution in [2.24, 2.45) is 11.1 Å². The van der Waals surface area contributed by atoms with Crippen molar-refractivity contribution in [3.63, 3.8) is 0 Å². The van der Waals surface area contributed by atoms with E-state index in [1.807, 2.05) is 11.9 Å². The Morgan fingerprint density at radius 2 is 2.18 bits per heavy atom.